The van der Waals surface area contributed by atoms with Crippen LogP contribution in [0.2, 0.25) is 0 Å². The van der Waals surface area contributed by atoms with Gasteiger partial charge in [0.15, 0.2) is 6.10 Å². The molecular formula is C22H29N3O5S. The van der Waals surface area contributed by atoms with Gasteiger partial charge in [0, 0.05) is 13.6 Å². The zero-order valence-corrected chi connectivity index (χ0v) is 19.0. The van der Waals surface area contributed by atoms with Gasteiger partial charge in [-0.3, -0.25) is 13.9 Å². The smallest absolute Gasteiger partial charge is 0.265 e. The number of hydrogen-bond donors (Lipinski definition) is 2. The number of ether oxygens (including phenoxy) is 1. The van der Waals surface area contributed by atoms with Crippen LogP contribution in [0, 0.1) is 0 Å². The van der Waals surface area contributed by atoms with Gasteiger partial charge in [-0.05, 0) is 49.7 Å². The standard InChI is InChI=1S/C22H29N3O5S/c1-5-6-15-23-22(27)19-9-7-8-10-20(19)24-21(26)16(2)30-18-13-11-17(12-14-18)25(3)31(4,28)29/h7-14,16H,5-6,15H2,1-4H3,(H,23,27)(H,24,26)/t16-/m1/s1. The molecule has 2 amide bonds. The van der Waals surface area contributed by atoms with Gasteiger partial charge in [0.1, 0.15) is 5.75 Å². The van der Waals surface area contributed by atoms with Crippen molar-refractivity contribution in [1.29, 1.82) is 0 Å². The lowest BCUT2D eigenvalue weighted by molar-refractivity contribution is -0.122. The minimum Gasteiger partial charge on any atom is -0.481 e. The fraction of sp³-hybridized carbons (Fsp3) is 0.364. The van der Waals surface area contributed by atoms with Crippen molar-refractivity contribution < 1.29 is 22.7 Å². The molecule has 0 bridgehead atoms. The molecule has 2 aromatic carbocycles. The van der Waals surface area contributed by atoms with Gasteiger partial charge < -0.3 is 15.4 Å². The molecule has 0 aliphatic rings. The lowest BCUT2D eigenvalue weighted by atomic mass is 10.1. The predicted molar refractivity (Wildman–Crippen MR) is 122 cm³/mol. The molecule has 1 atom stereocenters. The number of amides is 2. The molecule has 168 valence electrons. The molecule has 31 heavy (non-hydrogen) atoms. The number of carbonyl (C=O) groups is 2. The Morgan fingerprint density at radius 2 is 1.74 bits per heavy atom. The summed E-state index contributed by atoms with van der Waals surface area (Å²) in [5, 5.41) is 5.58. The summed E-state index contributed by atoms with van der Waals surface area (Å²) in [4.78, 5) is 25.0. The van der Waals surface area contributed by atoms with Crippen LogP contribution < -0.4 is 19.7 Å². The molecule has 9 heteroatoms. The third-order valence-electron chi connectivity index (χ3n) is 4.63. The molecule has 0 heterocycles. The maximum Gasteiger partial charge on any atom is 0.265 e. The van der Waals surface area contributed by atoms with E-state index in [1.54, 1.807) is 55.5 Å². The number of rotatable bonds is 10. The van der Waals surface area contributed by atoms with E-state index in [-0.39, 0.29) is 5.91 Å². The minimum absolute atomic E-state index is 0.247. The number of sulfonamides is 1. The van der Waals surface area contributed by atoms with Crippen molar-refractivity contribution in [3.8, 4) is 5.75 Å². The summed E-state index contributed by atoms with van der Waals surface area (Å²) in [6.07, 6.45) is 2.13. The van der Waals surface area contributed by atoms with E-state index in [1.165, 1.54) is 7.05 Å². The number of para-hydroxylation sites is 1. The second kappa shape index (κ2) is 10.8. The molecule has 0 fully saturated rings. The lowest BCUT2D eigenvalue weighted by Gasteiger charge is -2.19. The van der Waals surface area contributed by atoms with Gasteiger partial charge in [-0.1, -0.05) is 25.5 Å². The Morgan fingerprint density at radius 1 is 1.10 bits per heavy atom. The van der Waals surface area contributed by atoms with E-state index < -0.39 is 22.0 Å². The molecule has 0 aliphatic carbocycles. The van der Waals surface area contributed by atoms with E-state index in [0.29, 0.717) is 29.2 Å². The molecule has 8 nitrogen and oxygen atoms in total. The van der Waals surface area contributed by atoms with Crippen LogP contribution in [0.1, 0.15) is 37.0 Å². The van der Waals surface area contributed by atoms with E-state index in [4.69, 9.17) is 4.74 Å². The number of anilines is 2. The fourth-order valence-electron chi connectivity index (χ4n) is 2.68. The van der Waals surface area contributed by atoms with Crippen molar-refractivity contribution in [1.82, 2.24) is 5.32 Å². The van der Waals surface area contributed by atoms with Gasteiger partial charge in [0.05, 0.1) is 23.2 Å². The van der Waals surface area contributed by atoms with Crippen LogP contribution in [0.3, 0.4) is 0 Å². The molecule has 0 unspecified atom stereocenters. The molecule has 0 saturated carbocycles. The van der Waals surface area contributed by atoms with Crippen LogP contribution in [0.4, 0.5) is 11.4 Å². The summed E-state index contributed by atoms with van der Waals surface area (Å²) in [5.41, 5.74) is 1.27. The quantitative estimate of drug-likeness (QED) is 0.545. The van der Waals surface area contributed by atoms with Gasteiger partial charge in [-0.2, -0.15) is 0 Å². The highest BCUT2D eigenvalue weighted by Gasteiger charge is 2.19. The summed E-state index contributed by atoms with van der Waals surface area (Å²) < 4.78 is 30.1. The maximum absolute atomic E-state index is 12.6. The Labute approximate surface area is 183 Å². The minimum atomic E-state index is -3.36. The van der Waals surface area contributed by atoms with Crippen molar-refractivity contribution in [3.05, 3.63) is 54.1 Å². The van der Waals surface area contributed by atoms with Crippen LogP contribution in [0.5, 0.6) is 5.75 Å². The summed E-state index contributed by atoms with van der Waals surface area (Å²) in [6, 6.07) is 13.2. The van der Waals surface area contributed by atoms with Crippen LogP contribution in [-0.4, -0.2) is 46.2 Å². The first kappa shape index (κ1) is 24.2. The van der Waals surface area contributed by atoms with Crippen LogP contribution in [0.25, 0.3) is 0 Å². The fourth-order valence-corrected chi connectivity index (χ4v) is 3.19. The number of hydrogen-bond acceptors (Lipinski definition) is 5. The third-order valence-corrected chi connectivity index (χ3v) is 5.83. The summed E-state index contributed by atoms with van der Waals surface area (Å²) in [6.45, 7) is 4.21. The molecule has 2 aromatic rings. The van der Waals surface area contributed by atoms with Crippen LogP contribution >= 0.6 is 0 Å². The molecule has 0 saturated heterocycles. The normalized spacial score (nSPS) is 12.0. The highest BCUT2D eigenvalue weighted by atomic mass is 32.2. The van der Waals surface area contributed by atoms with Crippen molar-refractivity contribution in [2.24, 2.45) is 0 Å². The Kier molecular flexibility index (Phi) is 8.44. The topological polar surface area (TPSA) is 105 Å². The average molecular weight is 448 g/mol. The second-order valence-corrected chi connectivity index (χ2v) is 9.14. The number of nitrogens with one attached hydrogen (secondary N) is 2. The molecule has 0 spiro atoms. The Bertz CT molecular complexity index is 1010. The molecular weight excluding hydrogens is 418 g/mol. The van der Waals surface area contributed by atoms with Crippen LogP contribution in [0.15, 0.2) is 48.5 Å². The number of carbonyl (C=O) groups excluding carboxylic acids is 2. The number of nitrogens with zero attached hydrogens (tertiary/aromatic N) is 1. The van der Waals surface area contributed by atoms with E-state index in [2.05, 4.69) is 10.6 Å². The summed E-state index contributed by atoms with van der Waals surface area (Å²) in [7, 11) is -1.91. The lowest BCUT2D eigenvalue weighted by Crippen LogP contribution is -2.32. The van der Waals surface area contributed by atoms with E-state index in [1.807, 2.05) is 6.92 Å². The van der Waals surface area contributed by atoms with Gasteiger partial charge in [0.25, 0.3) is 11.8 Å². The second-order valence-electron chi connectivity index (χ2n) is 7.13. The number of benzene rings is 2. The molecule has 2 rings (SSSR count). The van der Waals surface area contributed by atoms with E-state index in [9.17, 15) is 18.0 Å². The van der Waals surface area contributed by atoms with Crippen molar-refractivity contribution in [2.75, 3.05) is 29.5 Å². The summed E-state index contributed by atoms with van der Waals surface area (Å²) >= 11 is 0. The Hall–Kier alpha value is -3.07. The van der Waals surface area contributed by atoms with Gasteiger partial charge in [0.2, 0.25) is 10.0 Å². The van der Waals surface area contributed by atoms with E-state index >= 15 is 0 Å². The number of unbranched alkanes of at least 4 members (excludes halogenated alkanes) is 1. The Balaban J connectivity index is 2.03. The van der Waals surface area contributed by atoms with Gasteiger partial charge >= 0.3 is 0 Å². The monoisotopic (exact) mass is 447 g/mol. The predicted octanol–water partition coefficient (Wildman–Crippen LogP) is 3.02. The Morgan fingerprint density at radius 3 is 2.35 bits per heavy atom. The largest absolute Gasteiger partial charge is 0.481 e. The summed E-state index contributed by atoms with van der Waals surface area (Å²) in [5.74, 6) is -0.242. The SMILES string of the molecule is CCCCNC(=O)c1ccccc1NC(=O)[C@@H](C)Oc1ccc(N(C)S(C)(=O)=O)cc1. The first-order valence-corrected chi connectivity index (χ1v) is 11.9. The first-order valence-electron chi connectivity index (χ1n) is 10.0. The first-order chi connectivity index (χ1) is 14.6. The van der Waals surface area contributed by atoms with Gasteiger partial charge in [-0.25, -0.2) is 8.42 Å². The molecule has 2 N–H and O–H groups in total. The zero-order chi connectivity index (χ0) is 23.0. The van der Waals surface area contributed by atoms with Crippen molar-refractivity contribution >= 4 is 33.2 Å². The highest BCUT2D eigenvalue weighted by molar-refractivity contribution is 7.92. The highest BCUT2D eigenvalue weighted by Crippen LogP contribution is 2.22. The maximum atomic E-state index is 12.6. The molecule has 0 aliphatic heterocycles. The molecule has 0 radical (unpaired) electrons. The van der Waals surface area contributed by atoms with Crippen LogP contribution in [-0.2, 0) is 14.8 Å². The third kappa shape index (κ3) is 6.99. The van der Waals surface area contributed by atoms with Gasteiger partial charge in [-0.15, -0.1) is 0 Å². The van der Waals surface area contributed by atoms with E-state index in [0.717, 1.165) is 23.4 Å². The average Bonchev–Trinajstić information content (AvgIpc) is 2.73. The van der Waals surface area contributed by atoms with Crippen molar-refractivity contribution in [3.63, 3.8) is 0 Å². The molecule has 0 aromatic heterocycles. The van der Waals surface area contributed by atoms with Crippen molar-refractivity contribution in [2.45, 2.75) is 32.8 Å². The zero-order valence-electron chi connectivity index (χ0n) is 18.2.